The van der Waals surface area contributed by atoms with Crippen molar-refractivity contribution in [3.8, 4) is 50.6 Å². The standard InChI is InChI=1S/C69H48O3/c1-28-10-31(4)55(32(5)11-28)37-16-43-49-22-40(70)24-51-45-18-38(56-33(6)12-29(2)13-34(56)7)20-47-53-26-42(72)27-54-48-21-39(57-35(8)14-30(3)15-36(57)9)19-46-52-25-41(71)23-50-44(17-37)58(43)64-67(61(49)51)65(59(45)47)69(63(53)54)66(60(46)48)68(64)62(50)52/h10-27,70-72H,1-9H3. The van der Waals surface area contributed by atoms with E-state index in [1.54, 1.807) is 0 Å². The third-order valence-electron chi connectivity index (χ3n) is 17.4. The first-order valence-corrected chi connectivity index (χ1v) is 25.3. The smallest absolute Gasteiger partial charge is 0.116 e. The average Bonchev–Trinajstić information content (AvgIpc) is 3.35. The maximum absolute atomic E-state index is 12.2. The summed E-state index contributed by atoms with van der Waals surface area (Å²) < 4.78 is 0. The predicted octanol–water partition coefficient (Wildman–Crippen LogP) is 19.0. The Morgan fingerprint density at radius 3 is 0.514 bits per heavy atom. The van der Waals surface area contributed by atoms with Gasteiger partial charge in [0.2, 0.25) is 0 Å². The van der Waals surface area contributed by atoms with Gasteiger partial charge >= 0.3 is 0 Å². The van der Waals surface area contributed by atoms with E-state index in [-0.39, 0.29) is 17.2 Å². The number of benzene rings is 16. The second-order valence-electron chi connectivity index (χ2n) is 22.2. The summed E-state index contributed by atoms with van der Waals surface area (Å²) in [6.07, 6.45) is 0. The lowest BCUT2D eigenvalue weighted by Gasteiger charge is -2.30. The topological polar surface area (TPSA) is 60.7 Å². The summed E-state index contributed by atoms with van der Waals surface area (Å²) in [6.45, 7) is 19.8. The van der Waals surface area contributed by atoms with E-state index in [4.69, 9.17) is 0 Å². The Labute approximate surface area is 414 Å². The molecule has 3 N–H and O–H groups in total. The first kappa shape index (κ1) is 40.3. The van der Waals surface area contributed by atoms with Crippen LogP contribution >= 0.6 is 0 Å². The summed E-state index contributed by atoms with van der Waals surface area (Å²) in [5.41, 5.74) is 18.0. The molecule has 0 unspecified atom stereocenters. The highest BCUT2D eigenvalue weighted by molar-refractivity contribution is 6.61. The van der Waals surface area contributed by atoms with E-state index >= 15 is 0 Å². The summed E-state index contributed by atoms with van der Waals surface area (Å²) >= 11 is 0. The third-order valence-corrected chi connectivity index (χ3v) is 17.4. The molecule has 0 bridgehead atoms. The molecule has 0 aliphatic rings. The van der Waals surface area contributed by atoms with Crippen molar-refractivity contribution >= 4 is 129 Å². The number of phenols is 3. The number of aryl methyl sites for hydroxylation is 9. The Kier molecular flexibility index (Phi) is 7.24. The van der Waals surface area contributed by atoms with Gasteiger partial charge in [-0.15, -0.1) is 0 Å². The van der Waals surface area contributed by atoms with Gasteiger partial charge in [-0.1, -0.05) is 53.1 Å². The van der Waals surface area contributed by atoms with Crippen LogP contribution < -0.4 is 0 Å². The van der Waals surface area contributed by atoms with Gasteiger partial charge in [0.25, 0.3) is 0 Å². The molecule has 0 heterocycles. The lowest BCUT2D eigenvalue weighted by molar-refractivity contribution is 0.476. The molecule has 0 atom stereocenters. The number of fused-ring (bicyclic) bond motifs is 6. The van der Waals surface area contributed by atoms with E-state index in [9.17, 15) is 15.3 Å². The molecular formula is C69H48O3. The Hall–Kier alpha value is -8.40. The fraction of sp³-hybridized carbons (Fsp3) is 0.130. The van der Waals surface area contributed by atoms with Crippen molar-refractivity contribution in [3.05, 3.63) is 159 Å². The van der Waals surface area contributed by atoms with Crippen molar-refractivity contribution in [2.24, 2.45) is 0 Å². The van der Waals surface area contributed by atoms with E-state index in [2.05, 4.69) is 135 Å². The lowest BCUT2D eigenvalue weighted by Crippen LogP contribution is -2.01. The fourth-order valence-corrected chi connectivity index (χ4v) is 15.6. The van der Waals surface area contributed by atoms with Crippen LogP contribution in [0.25, 0.3) is 163 Å². The molecule has 16 aromatic rings. The van der Waals surface area contributed by atoms with Crippen LogP contribution in [0.1, 0.15) is 50.1 Å². The maximum atomic E-state index is 12.2. The SMILES string of the molecule is Cc1cc(C)c(-c2cc3c4cc(O)cc5c6cc(-c7c(C)cc(C)cc7C)cc7c8cc(O)cc9c%10cc(-c%11c(C)cc(C)cc%11C)cc%11c%12cc(O)cc%13c(c2)c3c2c(c45)c(c67)c(c89)c(c%11%10)c2c%13%12)c(C)c1. The first-order chi connectivity index (χ1) is 34.6. The first-order valence-electron chi connectivity index (χ1n) is 25.3. The zero-order valence-electron chi connectivity index (χ0n) is 41.7. The van der Waals surface area contributed by atoms with Gasteiger partial charge in [0, 0.05) is 0 Å². The van der Waals surface area contributed by atoms with Gasteiger partial charge in [0.05, 0.1) is 0 Å². The molecule has 0 amide bonds. The fourth-order valence-electron chi connectivity index (χ4n) is 15.6. The van der Waals surface area contributed by atoms with E-state index in [1.807, 2.05) is 36.4 Å². The monoisotopic (exact) mass is 924 g/mol. The Bertz CT molecular complexity index is 4360. The minimum absolute atomic E-state index is 0.222. The van der Waals surface area contributed by atoms with Gasteiger partial charge in [-0.3, -0.25) is 0 Å². The molecule has 342 valence electrons. The van der Waals surface area contributed by atoms with Gasteiger partial charge in [0.1, 0.15) is 17.2 Å². The van der Waals surface area contributed by atoms with E-state index in [1.165, 1.54) is 99.1 Å². The zero-order valence-corrected chi connectivity index (χ0v) is 41.7. The highest BCUT2D eigenvalue weighted by Crippen LogP contribution is 2.62. The second kappa shape index (κ2) is 12.9. The summed E-state index contributed by atoms with van der Waals surface area (Å²) in [5.74, 6) is 0.665. The maximum Gasteiger partial charge on any atom is 0.116 e. The Morgan fingerprint density at radius 1 is 0.194 bits per heavy atom. The minimum Gasteiger partial charge on any atom is -0.508 e. The summed E-state index contributed by atoms with van der Waals surface area (Å²) in [7, 11) is 0. The van der Waals surface area contributed by atoms with Gasteiger partial charge in [0.15, 0.2) is 0 Å². The highest BCUT2D eigenvalue weighted by Gasteiger charge is 2.33. The predicted molar refractivity (Wildman–Crippen MR) is 308 cm³/mol. The molecule has 0 aliphatic heterocycles. The van der Waals surface area contributed by atoms with Crippen LogP contribution in [-0.2, 0) is 0 Å². The van der Waals surface area contributed by atoms with Gasteiger partial charge in [-0.05, 0) is 331 Å². The van der Waals surface area contributed by atoms with Crippen LogP contribution in [0, 0.1) is 62.3 Å². The van der Waals surface area contributed by atoms with Crippen LogP contribution in [-0.4, -0.2) is 15.3 Å². The minimum atomic E-state index is 0.222. The van der Waals surface area contributed by atoms with Crippen LogP contribution in [0.5, 0.6) is 17.2 Å². The summed E-state index contributed by atoms with van der Waals surface area (Å²) in [4.78, 5) is 0. The zero-order chi connectivity index (χ0) is 49.0. The lowest BCUT2D eigenvalue weighted by atomic mass is 9.72. The molecular weight excluding hydrogens is 877 g/mol. The van der Waals surface area contributed by atoms with Crippen molar-refractivity contribution < 1.29 is 15.3 Å². The van der Waals surface area contributed by atoms with E-state index in [0.717, 1.165) is 114 Å². The molecule has 0 aromatic heterocycles. The van der Waals surface area contributed by atoms with Crippen molar-refractivity contribution in [1.29, 1.82) is 0 Å². The average molecular weight is 925 g/mol. The van der Waals surface area contributed by atoms with Crippen molar-refractivity contribution in [2.45, 2.75) is 62.3 Å². The van der Waals surface area contributed by atoms with Crippen LogP contribution in [0.3, 0.4) is 0 Å². The third kappa shape index (κ3) is 4.69. The van der Waals surface area contributed by atoms with E-state index < -0.39 is 0 Å². The van der Waals surface area contributed by atoms with E-state index in [0.29, 0.717) is 0 Å². The largest absolute Gasteiger partial charge is 0.508 e. The highest BCUT2D eigenvalue weighted by atomic mass is 16.3. The number of hydrogen-bond donors (Lipinski definition) is 3. The molecule has 0 saturated heterocycles. The molecule has 3 nitrogen and oxygen atoms in total. The van der Waals surface area contributed by atoms with Crippen LogP contribution in [0.15, 0.2) is 109 Å². The summed E-state index contributed by atoms with van der Waals surface area (Å²) in [6, 6.07) is 40.1. The molecule has 0 radical (unpaired) electrons. The Balaban J connectivity index is 1.27. The molecule has 3 heteroatoms. The summed E-state index contributed by atoms with van der Waals surface area (Å²) in [5, 5.41) is 63.5. The van der Waals surface area contributed by atoms with Crippen LogP contribution in [0.2, 0.25) is 0 Å². The molecule has 16 rings (SSSR count). The van der Waals surface area contributed by atoms with Gasteiger partial charge in [-0.25, -0.2) is 0 Å². The number of aromatic hydroxyl groups is 3. The molecule has 0 aliphatic carbocycles. The molecule has 16 aromatic carbocycles. The van der Waals surface area contributed by atoms with Crippen molar-refractivity contribution in [3.63, 3.8) is 0 Å². The Morgan fingerprint density at radius 2 is 0.347 bits per heavy atom. The van der Waals surface area contributed by atoms with Crippen LogP contribution in [0.4, 0.5) is 0 Å². The van der Waals surface area contributed by atoms with Crippen molar-refractivity contribution in [1.82, 2.24) is 0 Å². The van der Waals surface area contributed by atoms with Gasteiger partial charge < -0.3 is 15.3 Å². The molecule has 0 saturated carbocycles. The normalized spacial score (nSPS) is 13.0. The number of phenolic OH excluding ortho intramolecular Hbond substituents is 3. The molecule has 72 heavy (non-hydrogen) atoms. The molecule has 0 fully saturated rings. The number of hydrogen-bond acceptors (Lipinski definition) is 3. The molecule has 0 spiro atoms. The quantitative estimate of drug-likeness (QED) is 0.122. The van der Waals surface area contributed by atoms with Crippen molar-refractivity contribution in [2.75, 3.05) is 0 Å². The second-order valence-corrected chi connectivity index (χ2v) is 22.2. The van der Waals surface area contributed by atoms with Gasteiger partial charge in [-0.2, -0.15) is 0 Å². The number of rotatable bonds is 3.